The van der Waals surface area contributed by atoms with Crippen molar-refractivity contribution < 1.29 is 14.7 Å². The van der Waals surface area contributed by atoms with Crippen molar-refractivity contribution in [1.82, 2.24) is 20.3 Å². The Morgan fingerprint density at radius 2 is 2.10 bits per heavy atom. The van der Waals surface area contributed by atoms with Crippen LogP contribution in [0.5, 0.6) is 0 Å². The first-order chi connectivity index (χ1) is 10.1. The second-order valence-corrected chi connectivity index (χ2v) is 5.68. The molecular formula is C14H22N4O3. The summed E-state index contributed by atoms with van der Waals surface area (Å²) >= 11 is 0. The van der Waals surface area contributed by atoms with Crippen LogP contribution in [0.2, 0.25) is 0 Å². The average molecular weight is 294 g/mol. The number of carbonyl (C=O) groups excluding carboxylic acids is 1. The molecule has 0 unspecified atom stereocenters. The minimum absolute atomic E-state index is 0.0810. The van der Waals surface area contributed by atoms with E-state index in [9.17, 15) is 9.59 Å². The van der Waals surface area contributed by atoms with E-state index >= 15 is 0 Å². The highest BCUT2D eigenvalue weighted by atomic mass is 16.4. The second-order valence-electron chi connectivity index (χ2n) is 5.68. The lowest BCUT2D eigenvalue weighted by Gasteiger charge is -2.34. The predicted molar refractivity (Wildman–Crippen MR) is 75.3 cm³/mol. The lowest BCUT2D eigenvalue weighted by molar-refractivity contribution is -0.138. The van der Waals surface area contributed by atoms with Crippen LogP contribution >= 0.6 is 0 Å². The van der Waals surface area contributed by atoms with Gasteiger partial charge in [0.2, 0.25) is 5.91 Å². The number of nitrogens with zero attached hydrogens (tertiary/aromatic N) is 3. The molecule has 7 heteroatoms. The zero-order chi connectivity index (χ0) is 15.3. The molecule has 0 spiro atoms. The minimum atomic E-state index is -0.970. The Bertz CT molecular complexity index is 506. The van der Waals surface area contributed by atoms with Gasteiger partial charge in [-0.1, -0.05) is 31.4 Å². The first-order valence-corrected chi connectivity index (χ1v) is 7.45. The molecule has 1 aromatic heterocycles. The number of nitrogens with one attached hydrogen (secondary N) is 1. The Labute approximate surface area is 123 Å². The molecular weight excluding hydrogens is 272 g/mol. The maximum Gasteiger partial charge on any atom is 0.325 e. The van der Waals surface area contributed by atoms with Crippen LogP contribution in [0.4, 0.5) is 0 Å². The van der Waals surface area contributed by atoms with Crippen molar-refractivity contribution in [2.75, 3.05) is 0 Å². The van der Waals surface area contributed by atoms with E-state index in [0.29, 0.717) is 12.2 Å². The van der Waals surface area contributed by atoms with E-state index in [2.05, 4.69) is 22.6 Å². The summed E-state index contributed by atoms with van der Waals surface area (Å²) in [6, 6.07) is 0. The molecule has 1 saturated carbocycles. The van der Waals surface area contributed by atoms with Crippen molar-refractivity contribution in [3.8, 4) is 0 Å². The summed E-state index contributed by atoms with van der Waals surface area (Å²) in [5.41, 5.74) is 0.335. The number of amides is 1. The van der Waals surface area contributed by atoms with Crippen molar-refractivity contribution in [3.05, 3.63) is 11.9 Å². The largest absolute Gasteiger partial charge is 0.480 e. The highest BCUT2D eigenvalue weighted by Crippen LogP contribution is 2.39. The SMILES string of the molecule is CCC1(C(=O)NCc2cn(CC(=O)O)nn2)CCCCC1. The Balaban J connectivity index is 1.90. The maximum absolute atomic E-state index is 12.4. The molecule has 7 nitrogen and oxygen atoms in total. The Hall–Kier alpha value is -1.92. The van der Waals surface area contributed by atoms with E-state index in [4.69, 9.17) is 5.11 Å². The topological polar surface area (TPSA) is 97.1 Å². The standard InChI is InChI=1S/C14H22N4O3/c1-2-14(6-4-3-5-7-14)13(21)15-8-11-9-18(17-16-11)10-12(19)20/h9H,2-8,10H2,1H3,(H,15,21)(H,19,20). The number of rotatable bonds is 6. The van der Waals surface area contributed by atoms with Crippen LogP contribution in [0.3, 0.4) is 0 Å². The molecule has 0 radical (unpaired) electrons. The molecule has 0 atom stereocenters. The van der Waals surface area contributed by atoms with Crippen molar-refractivity contribution in [1.29, 1.82) is 0 Å². The number of carboxylic acid groups (broad SMARTS) is 1. The van der Waals surface area contributed by atoms with E-state index in [1.165, 1.54) is 11.1 Å². The minimum Gasteiger partial charge on any atom is -0.480 e. The molecule has 0 aromatic carbocycles. The zero-order valence-corrected chi connectivity index (χ0v) is 12.3. The van der Waals surface area contributed by atoms with E-state index in [1.807, 2.05) is 0 Å². The lowest BCUT2D eigenvalue weighted by atomic mass is 9.71. The van der Waals surface area contributed by atoms with E-state index in [1.54, 1.807) is 6.20 Å². The summed E-state index contributed by atoms with van der Waals surface area (Å²) in [5, 5.41) is 19.2. The van der Waals surface area contributed by atoms with Crippen molar-refractivity contribution in [2.45, 2.75) is 58.5 Å². The van der Waals surface area contributed by atoms with Gasteiger partial charge in [-0.05, 0) is 19.3 Å². The molecule has 1 aliphatic rings. The predicted octanol–water partition coefficient (Wildman–Crippen LogP) is 1.34. The van der Waals surface area contributed by atoms with Gasteiger partial charge in [0.1, 0.15) is 12.2 Å². The number of aliphatic carboxylic acids is 1. The van der Waals surface area contributed by atoms with E-state index < -0.39 is 5.97 Å². The fourth-order valence-electron chi connectivity index (χ4n) is 2.96. The van der Waals surface area contributed by atoms with Crippen LogP contribution in [0, 0.1) is 5.41 Å². The number of carbonyl (C=O) groups is 2. The van der Waals surface area contributed by atoms with Crippen LogP contribution in [-0.2, 0) is 22.7 Å². The molecule has 21 heavy (non-hydrogen) atoms. The van der Waals surface area contributed by atoms with Crippen LogP contribution < -0.4 is 5.32 Å². The lowest BCUT2D eigenvalue weighted by Crippen LogP contribution is -2.41. The average Bonchev–Trinajstić information content (AvgIpc) is 2.92. The van der Waals surface area contributed by atoms with Gasteiger partial charge >= 0.3 is 5.97 Å². The zero-order valence-electron chi connectivity index (χ0n) is 12.3. The van der Waals surface area contributed by atoms with Crippen molar-refractivity contribution in [3.63, 3.8) is 0 Å². The summed E-state index contributed by atoms with van der Waals surface area (Å²) in [5.74, 6) is -0.889. The van der Waals surface area contributed by atoms with Gasteiger partial charge in [0.15, 0.2) is 0 Å². The van der Waals surface area contributed by atoms with Gasteiger partial charge in [-0.3, -0.25) is 9.59 Å². The third-order valence-electron chi connectivity index (χ3n) is 4.28. The second kappa shape index (κ2) is 6.69. The van der Waals surface area contributed by atoms with Gasteiger partial charge in [0, 0.05) is 5.41 Å². The van der Waals surface area contributed by atoms with Crippen LogP contribution in [-0.4, -0.2) is 32.0 Å². The normalized spacial score (nSPS) is 17.4. The highest BCUT2D eigenvalue weighted by molar-refractivity contribution is 5.82. The van der Waals surface area contributed by atoms with Gasteiger partial charge in [-0.25, -0.2) is 4.68 Å². The summed E-state index contributed by atoms with van der Waals surface area (Å²) in [7, 11) is 0. The van der Waals surface area contributed by atoms with E-state index in [-0.39, 0.29) is 17.9 Å². The number of aromatic nitrogens is 3. The third kappa shape index (κ3) is 3.80. The van der Waals surface area contributed by atoms with Crippen LogP contribution in [0.1, 0.15) is 51.1 Å². The Morgan fingerprint density at radius 1 is 1.38 bits per heavy atom. The van der Waals surface area contributed by atoms with Gasteiger partial charge < -0.3 is 10.4 Å². The molecule has 1 heterocycles. The van der Waals surface area contributed by atoms with Gasteiger partial charge in [0.25, 0.3) is 0 Å². The van der Waals surface area contributed by atoms with Gasteiger partial charge in [0.05, 0.1) is 12.7 Å². The molecule has 2 rings (SSSR count). The number of hydrogen-bond donors (Lipinski definition) is 2. The molecule has 0 saturated heterocycles. The smallest absolute Gasteiger partial charge is 0.325 e. The first kappa shape index (κ1) is 15.5. The molecule has 1 amide bonds. The van der Waals surface area contributed by atoms with Crippen molar-refractivity contribution >= 4 is 11.9 Å². The number of hydrogen-bond acceptors (Lipinski definition) is 4. The molecule has 0 bridgehead atoms. The fraction of sp³-hybridized carbons (Fsp3) is 0.714. The first-order valence-electron chi connectivity index (χ1n) is 7.45. The number of carboxylic acids is 1. The Morgan fingerprint density at radius 3 is 2.71 bits per heavy atom. The van der Waals surface area contributed by atoms with Crippen LogP contribution in [0.15, 0.2) is 6.20 Å². The van der Waals surface area contributed by atoms with Crippen molar-refractivity contribution in [2.24, 2.45) is 5.41 Å². The summed E-state index contributed by atoms with van der Waals surface area (Å²) < 4.78 is 1.25. The third-order valence-corrected chi connectivity index (χ3v) is 4.28. The highest BCUT2D eigenvalue weighted by Gasteiger charge is 2.37. The van der Waals surface area contributed by atoms with Crippen LogP contribution in [0.25, 0.3) is 0 Å². The van der Waals surface area contributed by atoms with Gasteiger partial charge in [-0.15, -0.1) is 5.10 Å². The quantitative estimate of drug-likeness (QED) is 0.825. The fourth-order valence-corrected chi connectivity index (χ4v) is 2.96. The maximum atomic E-state index is 12.4. The summed E-state index contributed by atoms with van der Waals surface area (Å²) in [6.45, 7) is 2.13. The monoisotopic (exact) mass is 294 g/mol. The molecule has 1 fully saturated rings. The molecule has 116 valence electrons. The molecule has 1 aliphatic carbocycles. The molecule has 1 aromatic rings. The Kier molecular flexibility index (Phi) is 4.93. The summed E-state index contributed by atoms with van der Waals surface area (Å²) in [6.07, 6.45) is 7.71. The van der Waals surface area contributed by atoms with Gasteiger partial charge in [-0.2, -0.15) is 0 Å². The van der Waals surface area contributed by atoms with E-state index in [0.717, 1.165) is 32.1 Å². The summed E-state index contributed by atoms with van der Waals surface area (Å²) in [4.78, 5) is 23.0. The molecule has 2 N–H and O–H groups in total. The molecule has 0 aliphatic heterocycles.